The number of hydrogen-bond acceptors (Lipinski definition) is 4. The Morgan fingerprint density at radius 2 is 2.15 bits per heavy atom. The van der Waals surface area contributed by atoms with Gasteiger partial charge in [0.05, 0.1) is 18.8 Å². The summed E-state index contributed by atoms with van der Waals surface area (Å²) in [7, 11) is 0. The molecule has 4 rings (SSSR count). The normalized spacial score (nSPS) is 32.3. The maximum atomic E-state index is 14.6. The summed E-state index contributed by atoms with van der Waals surface area (Å²) >= 11 is -0.748. The van der Waals surface area contributed by atoms with Crippen LogP contribution in [-0.4, -0.2) is 47.3 Å². The van der Waals surface area contributed by atoms with Crippen LogP contribution in [-0.2, 0) is 20.7 Å². The molecule has 2 unspecified atom stereocenters. The number of hydrogen-bond donors (Lipinski definition) is 1. The fourth-order valence-corrected chi connectivity index (χ4v) is 5.91. The van der Waals surface area contributed by atoms with E-state index in [-0.39, 0.29) is 30.7 Å². The summed E-state index contributed by atoms with van der Waals surface area (Å²) in [4.78, 5) is 24.8. The number of carbonyl (C=O) groups excluding carboxylic acids is 2. The lowest BCUT2D eigenvalue weighted by atomic mass is 10.1. The molecule has 1 aromatic rings. The monoisotopic (exact) mass is 380 g/mol. The summed E-state index contributed by atoms with van der Waals surface area (Å²) in [5.41, 5.74) is 1.11. The number of benzene rings is 1. The predicted octanol–water partition coefficient (Wildman–Crippen LogP) is 1.77. The van der Waals surface area contributed by atoms with Gasteiger partial charge >= 0.3 is 6.09 Å². The van der Waals surface area contributed by atoms with Crippen molar-refractivity contribution in [1.82, 2.24) is 5.32 Å². The van der Waals surface area contributed by atoms with Crippen LogP contribution < -0.4 is 10.2 Å². The maximum absolute atomic E-state index is 14.6. The fourth-order valence-electron chi connectivity index (χ4n) is 4.00. The van der Waals surface area contributed by atoms with Crippen LogP contribution in [0.15, 0.2) is 18.2 Å². The first-order chi connectivity index (χ1) is 12.5. The van der Waals surface area contributed by atoms with Gasteiger partial charge < -0.3 is 14.6 Å². The van der Waals surface area contributed by atoms with Crippen molar-refractivity contribution >= 4 is 28.9 Å². The molecule has 2 saturated heterocycles. The summed E-state index contributed by atoms with van der Waals surface area (Å²) in [6.45, 7) is 2.27. The van der Waals surface area contributed by atoms with Gasteiger partial charge in [0.1, 0.15) is 23.4 Å². The Bertz CT molecular complexity index is 734. The van der Waals surface area contributed by atoms with Crippen LogP contribution in [0, 0.1) is 17.7 Å². The molecule has 2 amide bonds. The van der Waals surface area contributed by atoms with E-state index < -0.39 is 23.4 Å². The van der Waals surface area contributed by atoms with E-state index in [1.807, 2.05) is 0 Å². The molecule has 6 nitrogen and oxygen atoms in total. The largest absolute Gasteiger partial charge is 0.616 e. The minimum absolute atomic E-state index is 0.106. The first-order valence-corrected chi connectivity index (χ1v) is 10.4. The second-order valence-corrected chi connectivity index (χ2v) is 8.65. The number of carbonyl (C=O) groups is 2. The van der Waals surface area contributed by atoms with Gasteiger partial charge in [-0.1, -0.05) is 24.2 Å². The second-order valence-electron chi connectivity index (χ2n) is 7.11. The van der Waals surface area contributed by atoms with Crippen molar-refractivity contribution in [3.05, 3.63) is 29.6 Å². The van der Waals surface area contributed by atoms with Crippen molar-refractivity contribution in [1.29, 1.82) is 0 Å². The zero-order valence-corrected chi connectivity index (χ0v) is 15.3. The van der Waals surface area contributed by atoms with Gasteiger partial charge in [0.2, 0.25) is 5.91 Å². The van der Waals surface area contributed by atoms with Crippen LogP contribution in [0.2, 0.25) is 0 Å². The molecule has 8 heteroatoms. The Balaban J connectivity index is 1.41. The van der Waals surface area contributed by atoms with Crippen molar-refractivity contribution < 1.29 is 23.3 Å². The highest BCUT2D eigenvalue weighted by molar-refractivity contribution is 7.91. The molecule has 2 heterocycles. The predicted molar refractivity (Wildman–Crippen MR) is 94.9 cm³/mol. The van der Waals surface area contributed by atoms with Gasteiger partial charge in [0, 0.05) is 24.2 Å². The third kappa shape index (κ3) is 3.16. The SMILES string of the molecule is CCC(=O)NC[C@H]1CN(c2ccc(C3[C@H]4C[S+]([O-])C[C@@H]34)c(F)c2)C(=O)O1. The van der Waals surface area contributed by atoms with E-state index in [9.17, 15) is 18.5 Å². The first-order valence-electron chi connectivity index (χ1n) is 8.87. The molecule has 140 valence electrons. The Labute approximate surface area is 154 Å². The van der Waals surface area contributed by atoms with Crippen molar-refractivity contribution in [2.75, 3.05) is 29.5 Å². The molecule has 1 N–H and O–H groups in total. The minimum Gasteiger partial charge on any atom is -0.616 e. The number of nitrogens with one attached hydrogen (secondary N) is 1. The maximum Gasteiger partial charge on any atom is 0.414 e. The van der Waals surface area contributed by atoms with Gasteiger partial charge in [-0.2, -0.15) is 0 Å². The van der Waals surface area contributed by atoms with Gasteiger partial charge in [-0.05, 0) is 17.7 Å². The van der Waals surface area contributed by atoms with Crippen LogP contribution >= 0.6 is 0 Å². The highest BCUT2D eigenvalue weighted by Gasteiger charge is 2.60. The summed E-state index contributed by atoms with van der Waals surface area (Å²) in [6, 6.07) is 4.84. The number of ether oxygens (including phenoxy) is 1. The number of anilines is 1. The molecule has 1 aliphatic carbocycles. The third-order valence-corrected chi connectivity index (χ3v) is 6.98. The molecule has 0 spiro atoms. The van der Waals surface area contributed by atoms with Crippen LogP contribution in [0.5, 0.6) is 0 Å². The van der Waals surface area contributed by atoms with Crippen LogP contribution in [0.4, 0.5) is 14.9 Å². The fraction of sp³-hybridized carbons (Fsp3) is 0.556. The molecule has 5 atom stereocenters. The Hall–Kier alpha value is -1.80. The number of amides is 2. The molecule has 3 aliphatic rings. The van der Waals surface area contributed by atoms with Gasteiger partial charge in [0.15, 0.2) is 0 Å². The molecular weight excluding hydrogens is 359 g/mol. The summed E-state index contributed by atoms with van der Waals surface area (Å²) in [5, 5.41) is 2.69. The molecule has 1 aromatic carbocycles. The number of fused-ring (bicyclic) bond motifs is 1. The van der Waals surface area contributed by atoms with Gasteiger partial charge in [-0.25, -0.2) is 9.18 Å². The topological polar surface area (TPSA) is 81.7 Å². The molecule has 2 aliphatic heterocycles. The summed E-state index contributed by atoms with van der Waals surface area (Å²) in [5.74, 6) is 1.72. The first kappa shape index (κ1) is 17.6. The van der Waals surface area contributed by atoms with Gasteiger partial charge in [-0.3, -0.25) is 9.69 Å². The number of rotatable bonds is 5. The second kappa shape index (κ2) is 6.74. The summed E-state index contributed by atoms with van der Waals surface area (Å²) < 4.78 is 31.3. The molecule has 1 saturated carbocycles. The van der Waals surface area contributed by atoms with Crippen molar-refractivity contribution in [3.8, 4) is 0 Å². The number of halogens is 1. The smallest absolute Gasteiger partial charge is 0.414 e. The van der Waals surface area contributed by atoms with E-state index in [0.717, 1.165) is 0 Å². The van der Waals surface area contributed by atoms with Crippen molar-refractivity contribution in [3.63, 3.8) is 0 Å². The zero-order valence-electron chi connectivity index (χ0n) is 14.4. The molecule has 0 bridgehead atoms. The lowest BCUT2D eigenvalue weighted by Crippen LogP contribution is -2.34. The van der Waals surface area contributed by atoms with E-state index >= 15 is 0 Å². The number of cyclic esters (lactones) is 1. The van der Waals surface area contributed by atoms with E-state index in [4.69, 9.17) is 4.74 Å². The van der Waals surface area contributed by atoms with E-state index in [2.05, 4.69) is 5.32 Å². The molecule has 26 heavy (non-hydrogen) atoms. The molecule has 0 aromatic heterocycles. The lowest BCUT2D eigenvalue weighted by Gasteiger charge is -2.15. The molecule has 0 radical (unpaired) electrons. The van der Waals surface area contributed by atoms with Gasteiger partial charge in [-0.15, -0.1) is 0 Å². The summed E-state index contributed by atoms with van der Waals surface area (Å²) in [6.07, 6.45) is -0.613. The molecule has 3 fully saturated rings. The highest BCUT2D eigenvalue weighted by atomic mass is 32.2. The quantitative estimate of drug-likeness (QED) is 0.790. The Morgan fingerprint density at radius 3 is 2.81 bits per heavy atom. The van der Waals surface area contributed by atoms with E-state index in [1.54, 1.807) is 19.1 Å². The Kier molecular flexibility index (Phi) is 4.56. The van der Waals surface area contributed by atoms with Gasteiger partial charge in [0.25, 0.3) is 0 Å². The van der Waals surface area contributed by atoms with E-state index in [0.29, 0.717) is 41.0 Å². The molecular formula is C18H21FN2O4S. The lowest BCUT2D eigenvalue weighted by molar-refractivity contribution is -0.121. The minimum atomic E-state index is -0.748. The van der Waals surface area contributed by atoms with Crippen molar-refractivity contribution in [2.45, 2.75) is 25.4 Å². The van der Waals surface area contributed by atoms with Crippen LogP contribution in [0.25, 0.3) is 0 Å². The van der Waals surface area contributed by atoms with E-state index in [1.165, 1.54) is 11.0 Å². The third-order valence-electron chi connectivity index (χ3n) is 5.47. The zero-order chi connectivity index (χ0) is 18.4. The highest BCUT2D eigenvalue weighted by Crippen LogP contribution is 2.59. The number of nitrogens with zero attached hydrogens (tertiary/aromatic N) is 1. The Morgan fingerprint density at radius 1 is 1.42 bits per heavy atom. The van der Waals surface area contributed by atoms with Crippen molar-refractivity contribution in [2.24, 2.45) is 11.8 Å². The average molecular weight is 380 g/mol. The average Bonchev–Trinajstić information content (AvgIpc) is 2.93. The van der Waals surface area contributed by atoms with Crippen LogP contribution in [0.1, 0.15) is 24.8 Å². The van der Waals surface area contributed by atoms with Crippen LogP contribution in [0.3, 0.4) is 0 Å². The standard InChI is InChI=1S/C18H21FN2O4S/c1-2-16(22)20-6-11-7-21(18(23)25-11)10-3-4-12(15(19)5-10)17-13-8-26(24)9-14(13)17/h3-5,11,13-14,17H,2,6-9H2,1H3,(H,20,22)/t11-,13-,14+,17?,26?/m0/s1.